The van der Waals surface area contributed by atoms with Gasteiger partial charge in [0.15, 0.2) is 0 Å². The van der Waals surface area contributed by atoms with Crippen LogP contribution in [0.3, 0.4) is 0 Å². The van der Waals surface area contributed by atoms with Crippen molar-refractivity contribution in [1.29, 1.82) is 0 Å². The molecule has 0 bridgehead atoms. The van der Waals surface area contributed by atoms with Gasteiger partial charge in [0.2, 0.25) is 0 Å². The molecule has 4 heteroatoms. The minimum Gasteiger partial charge on any atom is -0.265 e. The number of hydrogen-bond donors (Lipinski definition) is 0. The zero-order chi connectivity index (χ0) is 9.97. The predicted octanol–water partition coefficient (Wildman–Crippen LogP) is 3.56. The van der Waals surface area contributed by atoms with Crippen LogP contribution in [-0.2, 0) is 0 Å². The van der Waals surface area contributed by atoms with Crippen LogP contribution in [0.2, 0.25) is 5.15 Å². The molecule has 2 aromatic rings. The van der Waals surface area contributed by atoms with E-state index in [1.165, 1.54) is 0 Å². The Balaban J connectivity index is 2.48. The van der Waals surface area contributed by atoms with E-state index in [0.29, 0.717) is 5.15 Å². The highest BCUT2D eigenvalue weighted by atomic mass is 79.9. The predicted molar refractivity (Wildman–Crippen MR) is 60.2 cm³/mol. The molecule has 0 N–H and O–H groups in total. The maximum absolute atomic E-state index is 5.80. The van der Waals surface area contributed by atoms with Crippen LogP contribution in [0.4, 0.5) is 0 Å². The highest BCUT2D eigenvalue weighted by Gasteiger charge is 2.01. The molecule has 0 saturated carbocycles. The molecule has 0 aliphatic carbocycles. The smallest absolute Gasteiger partial charge is 0.143 e. The fourth-order valence-corrected chi connectivity index (χ4v) is 1.58. The molecule has 2 aromatic heterocycles. The summed E-state index contributed by atoms with van der Waals surface area (Å²) < 4.78 is 0.800. The van der Waals surface area contributed by atoms with Crippen molar-refractivity contribution in [3.8, 4) is 11.1 Å². The van der Waals surface area contributed by atoms with E-state index in [0.717, 1.165) is 15.6 Å². The molecule has 2 nitrogen and oxygen atoms in total. The first kappa shape index (κ1) is 9.62. The van der Waals surface area contributed by atoms with Crippen molar-refractivity contribution in [1.82, 2.24) is 9.97 Å². The molecule has 0 aliphatic rings. The molecule has 70 valence electrons. The lowest BCUT2D eigenvalue weighted by Gasteiger charge is -2.01. The zero-order valence-corrected chi connectivity index (χ0v) is 9.46. The molecule has 2 rings (SSSR count). The Morgan fingerprint density at radius 2 is 1.86 bits per heavy atom. The first-order chi connectivity index (χ1) is 6.77. The van der Waals surface area contributed by atoms with E-state index in [9.17, 15) is 0 Å². The van der Waals surface area contributed by atoms with Gasteiger partial charge in [-0.05, 0) is 39.7 Å². The second-order valence-corrected chi connectivity index (χ2v) is 3.94. The van der Waals surface area contributed by atoms with Crippen LogP contribution < -0.4 is 0 Å². The van der Waals surface area contributed by atoms with Crippen LogP contribution in [-0.4, -0.2) is 9.97 Å². The quantitative estimate of drug-likeness (QED) is 0.740. The third-order valence-corrected chi connectivity index (χ3v) is 2.94. The van der Waals surface area contributed by atoms with Gasteiger partial charge in [-0.2, -0.15) is 0 Å². The molecule has 2 heterocycles. The van der Waals surface area contributed by atoms with E-state index in [-0.39, 0.29) is 0 Å². The van der Waals surface area contributed by atoms with Crippen LogP contribution in [0.25, 0.3) is 11.1 Å². The number of rotatable bonds is 1. The molecular formula is C10H6BrClN2. The third-order valence-electron chi connectivity index (χ3n) is 1.81. The van der Waals surface area contributed by atoms with Crippen molar-refractivity contribution < 1.29 is 0 Å². The number of aromatic nitrogens is 2. The maximum atomic E-state index is 5.80. The van der Waals surface area contributed by atoms with E-state index in [1.54, 1.807) is 18.6 Å². The van der Waals surface area contributed by atoms with Gasteiger partial charge < -0.3 is 0 Å². The first-order valence-corrected chi connectivity index (χ1v) is 5.16. The molecule has 0 amide bonds. The van der Waals surface area contributed by atoms with E-state index in [4.69, 9.17) is 11.6 Å². The van der Waals surface area contributed by atoms with Gasteiger partial charge in [-0.25, -0.2) is 4.98 Å². The lowest BCUT2D eigenvalue weighted by molar-refractivity contribution is 1.29. The Kier molecular flexibility index (Phi) is 2.79. The monoisotopic (exact) mass is 268 g/mol. The van der Waals surface area contributed by atoms with Gasteiger partial charge in [-0.3, -0.25) is 4.98 Å². The summed E-state index contributed by atoms with van der Waals surface area (Å²) in [6.07, 6.45) is 5.23. The van der Waals surface area contributed by atoms with Crippen molar-refractivity contribution in [2.24, 2.45) is 0 Å². The van der Waals surface area contributed by atoms with Gasteiger partial charge in [0.1, 0.15) is 5.15 Å². The van der Waals surface area contributed by atoms with Gasteiger partial charge in [0.05, 0.1) is 4.47 Å². The molecule has 14 heavy (non-hydrogen) atoms. The van der Waals surface area contributed by atoms with Crippen molar-refractivity contribution in [3.05, 3.63) is 46.4 Å². The maximum Gasteiger partial charge on any atom is 0.143 e. The third kappa shape index (κ3) is 1.94. The minimum atomic E-state index is 0.475. The van der Waals surface area contributed by atoms with Gasteiger partial charge >= 0.3 is 0 Å². The van der Waals surface area contributed by atoms with E-state index >= 15 is 0 Å². The van der Waals surface area contributed by atoms with Crippen molar-refractivity contribution in [3.63, 3.8) is 0 Å². The number of nitrogens with zero attached hydrogens (tertiary/aromatic N) is 2. The van der Waals surface area contributed by atoms with Crippen LogP contribution >= 0.6 is 27.5 Å². The Bertz CT molecular complexity index is 445. The Hall–Kier alpha value is -0.930. The molecule has 0 unspecified atom stereocenters. The fraction of sp³-hybridized carbons (Fsp3) is 0. The number of pyridine rings is 2. The van der Waals surface area contributed by atoms with E-state index in [1.807, 2.05) is 18.2 Å². The SMILES string of the molecule is Clc1ncc(-c2ccncc2)cc1Br. The van der Waals surface area contributed by atoms with Gasteiger partial charge in [0, 0.05) is 24.2 Å². The normalized spacial score (nSPS) is 10.1. The Morgan fingerprint density at radius 1 is 1.14 bits per heavy atom. The molecule has 0 spiro atoms. The van der Waals surface area contributed by atoms with Crippen molar-refractivity contribution in [2.75, 3.05) is 0 Å². The molecule has 0 saturated heterocycles. The number of halogens is 2. The van der Waals surface area contributed by atoms with Crippen LogP contribution in [0, 0.1) is 0 Å². The standard InChI is InChI=1S/C10H6BrClN2/c11-9-5-8(6-14-10(9)12)7-1-3-13-4-2-7/h1-6H. The molecular weight excluding hydrogens is 263 g/mol. The summed E-state index contributed by atoms with van der Waals surface area (Å²) in [7, 11) is 0. The molecule has 0 radical (unpaired) electrons. The van der Waals surface area contributed by atoms with Gasteiger partial charge in [0.25, 0.3) is 0 Å². The average molecular weight is 270 g/mol. The molecule has 0 fully saturated rings. The highest BCUT2D eigenvalue weighted by Crippen LogP contribution is 2.25. The van der Waals surface area contributed by atoms with E-state index in [2.05, 4.69) is 25.9 Å². The Morgan fingerprint density at radius 3 is 2.50 bits per heavy atom. The van der Waals surface area contributed by atoms with Crippen LogP contribution in [0.5, 0.6) is 0 Å². The lowest BCUT2D eigenvalue weighted by Crippen LogP contribution is -1.82. The van der Waals surface area contributed by atoms with Crippen LogP contribution in [0.1, 0.15) is 0 Å². The summed E-state index contributed by atoms with van der Waals surface area (Å²) in [6, 6.07) is 5.79. The molecule has 0 aromatic carbocycles. The van der Waals surface area contributed by atoms with Crippen molar-refractivity contribution >= 4 is 27.5 Å². The molecule has 0 aliphatic heterocycles. The summed E-state index contributed by atoms with van der Waals surface area (Å²) in [5.41, 5.74) is 2.09. The van der Waals surface area contributed by atoms with Gasteiger partial charge in [-0.1, -0.05) is 11.6 Å². The lowest BCUT2D eigenvalue weighted by atomic mass is 10.1. The first-order valence-electron chi connectivity index (χ1n) is 3.99. The molecule has 0 atom stereocenters. The largest absolute Gasteiger partial charge is 0.265 e. The second kappa shape index (κ2) is 4.07. The summed E-state index contributed by atoms with van der Waals surface area (Å²) >= 11 is 9.13. The topological polar surface area (TPSA) is 25.8 Å². The average Bonchev–Trinajstić information content (AvgIpc) is 2.23. The summed E-state index contributed by atoms with van der Waals surface area (Å²) in [5, 5.41) is 0.475. The van der Waals surface area contributed by atoms with Crippen molar-refractivity contribution in [2.45, 2.75) is 0 Å². The van der Waals surface area contributed by atoms with Gasteiger partial charge in [-0.15, -0.1) is 0 Å². The highest BCUT2D eigenvalue weighted by molar-refractivity contribution is 9.10. The fourth-order valence-electron chi connectivity index (χ4n) is 1.12. The summed E-state index contributed by atoms with van der Waals surface area (Å²) in [4.78, 5) is 8.01. The minimum absolute atomic E-state index is 0.475. The Labute approximate surface area is 95.1 Å². The van der Waals surface area contributed by atoms with E-state index < -0.39 is 0 Å². The zero-order valence-electron chi connectivity index (χ0n) is 7.11. The second-order valence-electron chi connectivity index (χ2n) is 2.73. The summed E-state index contributed by atoms with van der Waals surface area (Å²) in [6.45, 7) is 0. The summed E-state index contributed by atoms with van der Waals surface area (Å²) in [5.74, 6) is 0. The van der Waals surface area contributed by atoms with Crippen LogP contribution in [0.15, 0.2) is 41.3 Å². The number of hydrogen-bond acceptors (Lipinski definition) is 2.